The van der Waals surface area contributed by atoms with Crippen LogP contribution in [0.5, 0.6) is 0 Å². The highest BCUT2D eigenvalue weighted by atomic mass is 32.2. The van der Waals surface area contributed by atoms with Gasteiger partial charge >= 0.3 is 5.97 Å². The van der Waals surface area contributed by atoms with Crippen molar-refractivity contribution in [2.45, 2.75) is 37.9 Å². The summed E-state index contributed by atoms with van der Waals surface area (Å²) < 4.78 is 33.6. The van der Waals surface area contributed by atoms with E-state index in [1.165, 1.54) is 15.6 Å². The summed E-state index contributed by atoms with van der Waals surface area (Å²) in [7, 11) is -3.66. The maximum absolute atomic E-state index is 13.3. The first-order chi connectivity index (χ1) is 14.3. The van der Waals surface area contributed by atoms with Crippen molar-refractivity contribution in [3.63, 3.8) is 0 Å². The molecule has 0 atom stereocenters. The van der Waals surface area contributed by atoms with Crippen molar-refractivity contribution in [2.24, 2.45) is 0 Å². The van der Waals surface area contributed by atoms with Crippen LogP contribution >= 0.6 is 11.3 Å². The molecule has 0 saturated carbocycles. The van der Waals surface area contributed by atoms with Gasteiger partial charge in [0.1, 0.15) is 9.90 Å². The normalized spacial score (nSPS) is 11.7. The molecule has 1 aromatic carbocycles. The van der Waals surface area contributed by atoms with Crippen molar-refractivity contribution in [1.82, 2.24) is 9.29 Å². The van der Waals surface area contributed by atoms with Crippen LogP contribution in [-0.4, -0.2) is 36.8 Å². The number of hydrogen-bond acceptors (Lipinski definition) is 5. The summed E-state index contributed by atoms with van der Waals surface area (Å²) in [5, 5.41) is 1.76. The zero-order chi connectivity index (χ0) is 21.7. The lowest BCUT2D eigenvalue weighted by Gasteiger charge is -2.22. The number of esters is 1. The average Bonchev–Trinajstić information content (AvgIpc) is 3.36. The number of rotatable bonds is 9. The second kappa shape index (κ2) is 9.59. The average molecular weight is 447 g/mol. The molecule has 160 valence electrons. The number of benzene rings is 1. The van der Waals surface area contributed by atoms with Gasteiger partial charge in [0.2, 0.25) is 0 Å². The van der Waals surface area contributed by atoms with Crippen LogP contribution in [0.4, 0.5) is 0 Å². The van der Waals surface area contributed by atoms with E-state index in [2.05, 4.69) is 4.98 Å². The quantitative estimate of drug-likeness (QED) is 0.497. The van der Waals surface area contributed by atoms with E-state index in [0.717, 1.165) is 22.4 Å². The molecule has 30 heavy (non-hydrogen) atoms. The fourth-order valence-electron chi connectivity index (χ4n) is 3.33. The lowest BCUT2D eigenvalue weighted by atomic mass is 10.1. The van der Waals surface area contributed by atoms with Crippen molar-refractivity contribution in [3.8, 4) is 0 Å². The van der Waals surface area contributed by atoms with Crippen LogP contribution in [0.3, 0.4) is 0 Å². The first kappa shape index (κ1) is 22.3. The van der Waals surface area contributed by atoms with E-state index in [1.54, 1.807) is 24.4 Å². The Bertz CT molecular complexity index is 1090. The van der Waals surface area contributed by atoms with Gasteiger partial charge in [-0.2, -0.15) is 4.31 Å². The number of hydrogen-bond donors (Lipinski definition) is 1. The molecule has 0 radical (unpaired) electrons. The molecule has 0 aliphatic heterocycles. The number of carbonyl (C=O) groups is 1. The van der Waals surface area contributed by atoms with Gasteiger partial charge in [0.25, 0.3) is 10.0 Å². The standard InChI is InChI=1S/C22H26N2O4S2/c1-4-28-22(25)21-16(2)19(17(3)23-21)15-24(13-12-18-9-6-5-7-10-18)30(26,27)20-11-8-14-29-20/h5-11,14,23H,4,12-13,15H2,1-3H3. The molecule has 2 aromatic heterocycles. The van der Waals surface area contributed by atoms with Gasteiger partial charge in [-0.1, -0.05) is 36.4 Å². The zero-order valence-electron chi connectivity index (χ0n) is 17.3. The number of nitrogens with one attached hydrogen (secondary N) is 1. The number of aromatic nitrogens is 1. The molecular weight excluding hydrogens is 420 g/mol. The molecule has 3 aromatic rings. The number of H-pyrrole nitrogens is 1. The monoisotopic (exact) mass is 446 g/mol. The van der Waals surface area contributed by atoms with E-state index in [4.69, 9.17) is 4.74 Å². The van der Waals surface area contributed by atoms with Crippen LogP contribution < -0.4 is 0 Å². The molecule has 0 fully saturated rings. The Labute approximate surface area is 181 Å². The van der Waals surface area contributed by atoms with Gasteiger partial charge in [-0.15, -0.1) is 11.3 Å². The van der Waals surface area contributed by atoms with Crippen molar-refractivity contribution >= 4 is 27.3 Å². The molecule has 0 bridgehead atoms. The predicted molar refractivity (Wildman–Crippen MR) is 118 cm³/mol. The summed E-state index contributed by atoms with van der Waals surface area (Å²) in [6.45, 7) is 6.21. The Morgan fingerprint density at radius 3 is 2.50 bits per heavy atom. The van der Waals surface area contributed by atoms with Gasteiger partial charge in [0.05, 0.1) is 6.61 Å². The number of carbonyl (C=O) groups excluding carboxylic acids is 1. The number of nitrogens with zero attached hydrogens (tertiary/aromatic N) is 1. The lowest BCUT2D eigenvalue weighted by Crippen LogP contribution is -2.32. The third kappa shape index (κ3) is 4.83. The van der Waals surface area contributed by atoms with Gasteiger partial charge in [-0.25, -0.2) is 13.2 Å². The summed E-state index contributed by atoms with van der Waals surface area (Å²) in [5.41, 5.74) is 3.73. The molecule has 2 heterocycles. The number of thiophene rings is 1. The molecule has 3 rings (SSSR count). The number of aryl methyl sites for hydroxylation is 1. The zero-order valence-corrected chi connectivity index (χ0v) is 19.0. The number of aromatic amines is 1. The largest absolute Gasteiger partial charge is 0.461 e. The molecule has 0 spiro atoms. The van der Waals surface area contributed by atoms with E-state index in [9.17, 15) is 13.2 Å². The fraction of sp³-hybridized carbons (Fsp3) is 0.318. The van der Waals surface area contributed by atoms with Crippen molar-refractivity contribution < 1.29 is 17.9 Å². The van der Waals surface area contributed by atoms with E-state index >= 15 is 0 Å². The molecule has 8 heteroatoms. The molecule has 1 N–H and O–H groups in total. The summed E-state index contributed by atoms with van der Waals surface area (Å²) in [4.78, 5) is 15.3. The molecule has 0 aliphatic rings. The second-order valence-electron chi connectivity index (χ2n) is 6.96. The van der Waals surface area contributed by atoms with Crippen LogP contribution in [0.1, 0.15) is 39.8 Å². The smallest absolute Gasteiger partial charge is 0.355 e. The third-order valence-electron chi connectivity index (χ3n) is 4.99. The van der Waals surface area contributed by atoms with Crippen molar-refractivity contribution in [3.05, 3.63) is 75.9 Å². The minimum Gasteiger partial charge on any atom is -0.461 e. The molecule has 0 amide bonds. The Hall–Kier alpha value is -2.42. The van der Waals surface area contributed by atoms with Gasteiger partial charge in [0, 0.05) is 18.8 Å². The highest BCUT2D eigenvalue weighted by Gasteiger charge is 2.28. The summed E-state index contributed by atoms with van der Waals surface area (Å²) >= 11 is 1.20. The van der Waals surface area contributed by atoms with Gasteiger partial charge in [-0.05, 0) is 55.3 Å². The Morgan fingerprint density at radius 2 is 1.87 bits per heavy atom. The number of ether oxygens (including phenoxy) is 1. The molecule has 0 saturated heterocycles. The van der Waals surface area contributed by atoms with Crippen LogP contribution in [0.25, 0.3) is 0 Å². The van der Waals surface area contributed by atoms with Crippen molar-refractivity contribution in [2.75, 3.05) is 13.2 Å². The molecule has 0 aliphatic carbocycles. The minimum atomic E-state index is -3.66. The topological polar surface area (TPSA) is 79.5 Å². The second-order valence-corrected chi connectivity index (χ2v) is 10.1. The highest BCUT2D eigenvalue weighted by Crippen LogP contribution is 2.26. The van der Waals surface area contributed by atoms with E-state index in [1.807, 2.05) is 44.2 Å². The Morgan fingerprint density at radius 1 is 1.13 bits per heavy atom. The highest BCUT2D eigenvalue weighted by molar-refractivity contribution is 7.91. The summed E-state index contributed by atoms with van der Waals surface area (Å²) in [5.74, 6) is -0.429. The Kier molecular flexibility index (Phi) is 7.12. The number of sulfonamides is 1. The molecular formula is C22H26N2O4S2. The first-order valence-electron chi connectivity index (χ1n) is 9.77. The van der Waals surface area contributed by atoms with Gasteiger partial charge in [0.15, 0.2) is 0 Å². The summed E-state index contributed by atoms with van der Waals surface area (Å²) in [6, 6.07) is 13.2. The Balaban J connectivity index is 1.92. The van der Waals surface area contributed by atoms with Crippen LogP contribution in [0, 0.1) is 13.8 Å². The van der Waals surface area contributed by atoms with Crippen LogP contribution in [-0.2, 0) is 27.7 Å². The van der Waals surface area contributed by atoms with E-state index < -0.39 is 16.0 Å². The fourth-order valence-corrected chi connectivity index (χ4v) is 5.88. The summed E-state index contributed by atoms with van der Waals surface area (Å²) in [6.07, 6.45) is 0.596. The third-order valence-corrected chi connectivity index (χ3v) is 8.21. The predicted octanol–water partition coefficient (Wildman–Crippen LogP) is 4.30. The van der Waals surface area contributed by atoms with Gasteiger partial charge in [-0.3, -0.25) is 0 Å². The molecule has 0 unspecified atom stereocenters. The van der Waals surface area contributed by atoms with Crippen LogP contribution in [0.2, 0.25) is 0 Å². The van der Waals surface area contributed by atoms with Gasteiger partial charge < -0.3 is 9.72 Å². The maximum Gasteiger partial charge on any atom is 0.355 e. The lowest BCUT2D eigenvalue weighted by molar-refractivity contribution is 0.0519. The maximum atomic E-state index is 13.3. The first-order valence-corrected chi connectivity index (χ1v) is 12.1. The van der Waals surface area contributed by atoms with E-state index in [-0.39, 0.29) is 13.2 Å². The van der Waals surface area contributed by atoms with Crippen molar-refractivity contribution in [1.29, 1.82) is 0 Å². The molecule has 6 nitrogen and oxygen atoms in total. The van der Waals surface area contributed by atoms with E-state index in [0.29, 0.717) is 22.9 Å². The van der Waals surface area contributed by atoms with Crippen LogP contribution in [0.15, 0.2) is 52.1 Å². The SMILES string of the molecule is CCOC(=O)c1[nH]c(C)c(CN(CCc2ccccc2)S(=O)(=O)c2cccs2)c1C. The minimum absolute atomic E-state index is 0.181.